The van der Waals surface area contributed by atoms with Gasteiger partial charge in [-0.3, -0.25) is 4.79 Å². The van der Waals surface area contributed by atoms with Crippen molar-refractivity contribution < 1.29 is 19.4 Å². The van der Waals surface area contributed by atoms with Crippen LogP contribution in [0.4, 0.5) is 0 Å². The zero-order valence-corrected chi connectivity index (χ0v) is 21.0. The standard InChI is InChI=1S/C30H32N2O4/c1-4-5-11-28(33)32(29(21(2)3)30(34)35)20-22-12-14-23(15-13-22)27-18-26(17-16-24(27)19-31)36-25-9-7-6-8-10-25/h6-10,12-18,21,29H,4-5,11,20H2,1-3H3,(H,34,35). The summed E-state index contributed by atoms with van der Waals surface area (Å²) >= 11 is 0. The Morgan fingerprint density at radius 3 is 2.28 bits per heavy atom. The number of hydrogen-bond acceptors (Lipinski definition) is 4. The van der Waals surface area contributed by atoms with Crippen LogP contribution in [0.1, 0.15) is 51.2 Å². The summed E-state index contributed by atoms with van der Waals surface area (Å²) in [6, 6.07) is 23.6. The minimum atomic E-state index is -1.000. The monoisotopic (exact) mass is 484 g/mol. The van der Waals surface area contributed by atoms with E-state index in [1.165, 1.54) is 4.90 Å². The number of ether oxygens (including phenoxy) is 1. The summed E-state index contributed by atoms with van der Waals surface area (Å²) in [6.45, 7) is 5.84. The lowest BCUT2D eigenvalue weighted by Crippen LogP contribution is -2.47. The molecule has 0 radical (unpaired) electrons. The Hall–Kier alpha value is -4.11. The molecule has 186 valence electrons. The molecule has 0 aliphatic rings. The van der Waals surface area contributed by atoms with Gasteiger partial charge >= 0.3 is 5.97 Å². The maximum absolute atomic E-state index is 12.9. The quantitative estimate of drug-likeness (QED) is 0.329. The molecule has 1 unspecified atom stereocenters. The fraction of sp³-hybridized carbons (Fsp3) is 0.300. The first-order valence-electron chi connectivity index (χ1n) is 12.2. The molecule has 0 saturated carbocycles. The Balaban J connectivity index is 1.87. The second kappa shape index (κ2) is 12.6. The molecule has 3 rings (SSSR count). The van der Waals surface area contributed by atoms with Crippen LogP contribution in [0.2, 0.25) is 0 Å². The number of carbonyl (C=O) groups excluding carboxylic acids is 1. The van der Waals surface area contributed by atoms with Crippen molar-refractivity contribution in [2.45, 2.75) is 52.6 Å². The van der Waals surface area contributed by atoms with Gasteiger partial charge in [-0.25, -0.2) is 4.79 Å². The second-order valence-electron chi connectivity index (χ2n) is 9.08. The molecule has 0 aliphatic heterocycles. The first-order chi connectivity index (χ1) is 17.3. The molecule has 0 aromatic heterocycles. The van der Waals surface area contributed by atoms with Gasteiger partial charge in [0.2, 0.25) is 5.91 Å². The first-order valence-corrected chi connectivity index (χ1v) is 12.2. The minimum Gasteiger partial charge on any atom is -0.480 e. The van der Waals surface area contributed by atoms with Crippen LogP contribution >= 0.6 is 0 Å². The number of hydrogen-bond donors (Lipinski definition) is 1. The van der Waals surface area contributed by atoms with Crippen LogP contribution in [0.3, 0.4) is 0 Å². The molecule has 0 spiro atoms. The average Bonchev–Trinajstić information content (AvgIpc) is 2.87. The maximum Gasteiger partial charge on any atom is 0.326 e. The Morgan fingerprint density at radius 2 is 1.69 bits per heavy atom. The molecule has 0 heterocycles. The smallest absolute Gasteiger partial charge is 0.326 e. The molecule has 0 aliphatic carbocycles. The van der Waals surface area contributed by atoms with Gasteiger partial charge in [0.25, 0.3) is 0 Å². The van der Waals surface area contributed by atoms with Crippen LogP contribution in [0.25, 0.3) is 11.1 Å². The number of aliphatic carboxylic acids is 1. The van der Waals surface area contributed by atoms with E-state index in [1.807, 2.05) is 81.4 Å². The molecule has 0 bridgehead atoms. The number of unbranched alkanes of at least 4 members (excludes halogenated alkanes) is 1. The Kier molecular flexibility index (Phi) is 9.24. The van der Waals surface area contributed by atoms with E-state index in [2.05, 4.69) is 6.07 Å². The summed E-state index contributed by atoms with van der Waals surface area (Å²) in [5, 5.41) is 19.5. The lowest BCUT2D eigenvalue weighted by Gasteiger charge is -2.32. The molecular weight excluding hydrogens is 452 g/mol. The number of carbonyl (C=O) groups is 2. The number of para-hydroxylation sites is 1. The summed E-state index contributed by atoms with van der Waals surface area (Å²) in [5.41, 5.74) is 2.91. The predicted octanol–water partition coefficient (Wildman–Crippen LogP) is 6.65. The third-order valence-electron chi connectivity index (χ3n) is 5.99. The summed E-state index contributed by atoms with van der Waals surface area (Å²) in [5.74, 6) is -0.0551. The van der Waals surface area contributed by atoms with Crippen molar-refractivity contribution in [3.63, 3.8) is 0 Å². The van der Waals surface area contributed by atoms with Crippen LogP contribution in [-0.2, 0) is 16.1 Å². The van der Waals surface area contributed by atoms with Crippen LogP contribution in [0.5, 0.6) is 11.5 Å². The molecule has 3 aromatic rings. The van der Waals surface area contributed by atoms with Gasteiger partial charge in [0.1, 0.15) is 17.5 Å². The number of nitriles is 1. The van der Waals surface area contributed by atoms with Crippen molar-refractivity contribution in [2.75, 3.05) is 0 Å². The highest BCUT2D eigenvalue weighted by atomic mass is 16.5. The molecule has 0 saturated heterocycles. The summed E-state index contributed by atoms with van der Waals surface area (Å²) < 4.78 is 5.94. The fourth-order valence-electron chi connectivity index (χ4n) is 4.13. The molecule has 1 amide bonds. The largest absolute Gasteiger partial charge is 0.480 e. The van der Waals surface area contributed by atoms with Crippen LogP contribution in [0.15, 0.2) is 72.8 Å². The zero-order chi connectivity index (χ0) is 26.1. The molecule has 3 aromatic carbocycles. The SMILES string of the molecule is CCCCC(=O)N(Cc1ccc(-c2cc(Oc3ccccc3)ccc2C#N)cc1)C(C(=O)O)C(C)C. The molecular formula is C30H32N2O4. The van der Waals surface area contributed by atoms with E-state index in [0.717, 1.165) is 29.5 Å². The lowest BCUT2D eigenvalue weighted by atomic mass is 9.97. The van der Waals surface area contributed by atoms with Gasteiger partial charge in [-0.1, -0.05) is 69.7 Å². The Bertz CT molecular complexity index is 1210. The van der Waals surface area contributed by atoms with Crippen molar-refractivity contribution in [1.82, 2.24) is 4.90 Å². The van der Waals surface area contributed by atoms with Gasteiger partial charge in [0, 0.05) is 18.5 Å². The Morgan fingerprint density at radius 1 is 1.00 bits per heavy atom. The van der Waals surface area contributed by atoms with Crippen molar-refractivity contribution in [2.24, 2.45) is 5.92 Å². The van der Waals surface area contributed by atoms with Crippen molar-refractivity contribution in [3.8, 4) is 28.7 Å². The molecule has 1 N–H and O–H groups in total. The van der Waals surface area contributed by atoms with Gasteiger partial charge in [-0.05, 0) is 53.8 Å². The summed E-state index contributed by atoms with van der Waals surface area (Å²) in [7, 11) is 0. The molecule has 6 heteroatoms. The average molecular weight is 485 g/mol. The molecule has 6 nitrogen and oxygen atoms in total. The molecule has 1 atom stereocenters. The third kappa shape index (κ3) is 6.73. The van der Waals surface area contributed by atoms with Crippen LogP contribution in [-0.4, -0.2) is 27.9 Å². The van der Waals surface area contributed by atoms with Crippen molar-refractivity contribution in [3.05, 3.63) is 83.9 Å². The van der Waals surface area contributed by atoms with E-state index in [1.54, 1.807) is 12.1 Å². The minimum absolute atomic E-state index is 0.153. The van der Waals surface area contributed by atoms with Gasteiger partial charge in [-0.15, -0.1) is 0 Å². The van der Waals surface area contributed by atoms with Gasteiger partial charge in [-0.2, -0.15) is 5.26 Å². The van der Waals surface area contributed by atoms with E-state index in [-0.39, 0.29) is 18.4 Å². The highest BCUT2D eigenvalue weighted by molar-refractivity contribution is 5.84. The van der Waals surface area contributed by atoms with Gasteiger partial charge < -0.3 is 14.7 Å². The topological polar surface area (TPSA) is 90.6 Å². The third-order valence-corrected chi connectivity index (χ3v) is 5.99. The van der Waals surface area contributed by atoms with Gasteiger partial charge in [0.15, 0.2) is 0 Å². The number of benzene rings is 3. The molecule has 0 fully saturated rings. The lowest BCUT2D eigenvalue weighted by molar-refractivity contribution is -0.153. The summed E-state index contributed by atoms with van der Waals surface area (Å²) in [6.07, 6.45) is 1.91. The van der Waals surface area contributed by atoms with E-state index in [0.29, 0.717) is 23.5 Å². The number of nitrogens with zero attached hydrogens (tertiary/aromatic N) is 2. The normalized spacial score (nSPS) is 11.5. The first kappa shape index (κ1) is 26.5. The highest BCUT2D eigenvalue weighted by Gasteiger charge is 2.32. The predicted molar refractivity (Wildman–Crippen MR) is 139 cm³/mol. The van der Waals surface area contributed by atoms with Crippen molar-refractivity contribution in [1.29, 1.82) is 5.26 Å². The van der Waals surface area contributed by atoms with Crippen LogP contribution < -0.4 is 4.74 Å². The van der Waals surface area contributed by atoms with E-state index >= 15 is 0 Å². The van der Waals surface area contributed by atoms with Crippen LogP contribution in [0, 0.1) is 17.2 Å². The number of rotatable bonds is 11. The number of carboxylic acid groups (broad SMARTS) is 1. The maximum atomic E-state index is 12.9. The van der Waals surface area contributed by atoms with Gasteiger partial charge in [0.05, 0.1) is 11.6 Å². The Labute approximate surface area is 212 Å². The molecule has 36 heavy (non-hydrogen) atoms. The van der Waals surface area contributed by atoms with E-state index in [4.69, 9.17) is 4.74 Å². The van der Waals surface area contributed by atoms with Crippen molar-refractivity contribution >= 4 is 11.9 Å². The summed E-state index contributed by atoms with van der Waals surface area (Å²) in [4.78, 5) is 26.4. The highest BCUT2D eigenvalue weighted by Crippen LogP contribution is 2.31. The number of carboxylic acids is 1. The fourth-order valence-corrected chi connectivity index (χ4v) is 4.13. The second-order valence-corrected chi connectivity index (χ2v) is 9.08. The number of amides is 1. The van der Waals surface area contributed by atoms with E-state index in [9.17, 15) is 20.0 Å². The zero-order valence-electron chi connectivity index (χ0n) is 21.0. The van der Waals surface area contributed by atoms with E-state index < -0.39 is 12.0 Å².